The zero-order valence-corrected chi connectivity index (χ0v) is 12.4. The van der Waals surface area contributed by atoms with Crippen molar-refractivity contribution in [2.45, 2.75) is 70.4 Å². The van der Waals surface area contributed by atoms with Gasteiger partial charge in [-0.2, -0.15) is 0 Å². The summed E-state index contributed by atoms with van der Waals surface area (Å²) in [7, 11) is 0. The minimum Gasteiger partial charge on any atom is -0.376 e. The van der Waals surface area contributed by atoms with Gasteiger partial charge in [0, 0.05) is 19.2 Å². The van der Waals surface area contributed by atoms with Crippen molar-refractivity contribution >= 4 is 0 Å². The number of rotatable bonds is 2. The summed E-state index contributed by atoms with van der Waals surface area (Å²) in [6.45, 7) is 4.39. The van der Waals surface area contributed by atoms with Crippen molar-refractivity contribution in [3.63, 3.8) is 0 Å². The molecule has 19 heavy (non-hydrogen) atoms. The largest absolute Gasteiger partial charge is 0.376 e. The summed E-state index contributed by atoms with van der Waals surface area (Å²) in [6.07, 6.45) is 12.0. The Morgan fingerprint density at radius 3 is 2.26 bits per heavy atom. The first-order valence-corrected chi connectivity index (χ1v) is 8.62. The highest BCUT2D eigenvalue weighted by Crippen LogP contribution is 2.61. The van der Waals surface area contributed by atoms with Gasteiger partial charge in [-0.1, -0.05) is 6.92 Å². The molecule has 5 rings (SSSR count). The third-order valence-corrected chi connectivity index (χ3v) is 6.64. The molecule has 0 radical (unpaired) electrons. The van der Waals surface area contributed by atoms with Crippen molar-refractivity contribution in [1.82, 2.24) is 5.32 Å². The molecular formula is C17H29NO. The van der Waals surface area contributed by atoms with Gasteiger partial charge in [0.1, 0.15) is 0 Å². The lowest BCUT2D eigenvalue weighted by Gasteiger charge is -2.59. The van der Waals surface area contributed by atoms with E-state index in [0.717, 1.165) is 30.9 Å². The minimum atomic E-state index is 0.512. The highest BCUT2D eigenvalue weighted by atomic mass is 16.5. The van der Waals surface area contributed by atoms with Gasteiger partial charge in [-0.25, -0.2) is 0 Å². The quantitative estimate of drug-likeness (QED) is 0.825. The topological polar surface area (TPSA) is 21.3 Å². The first-order chi connectivity index (χ1) is 9.27. The van der Waals surface area contributed by atoms with Gasteiger partial charge in [0.25, 0.3) is 0 Å². The lowest BCUT2D eigenvalue weighted by Crippen LogP contribution is -2.54. The van der Waals surface area contributed by atoms with E-state index in [-0.39, 0.29) is 0 Å². The molecule has 5 aliphatic rings. The first-order valence-electron chi connectivity index (χ1n) is 8.62. The summed E-state index contributed by atoms with van der Waals surface area (Å²) >= 11 is 0. The lowest BCUT2D eigenvalue weighted by molar-refractivity contribution is -0.136. The highest BCUT2D eigenvalue weighted by molar-refractivity contribution is 5.05. The summed E-state index contributed by atoms with van der Waals surface area (Å²) < 4.78 is 6.36. The zero-order chi connectivity index (χ0) is 12.9. The molecule has 4 saturated carbocycles. The van der Waals surface area contributed by atoms with Crippen LogP contribution in [0.2, 0.25) is 0 Å². The molecular weight excluding hydrogens is 234 g/mol. The number of hydrogen-bond donors (Lipinski definition) is 1. The van der Waals surface area contributed by atoms with Crippen molar-refractivity contribution in [2.75, 3.05) is 13.2 Å². The Hall–Kier alpha value is -0.0800. The molecule has 108 valence electrons. The molecule has 2 unspecified atom stereocenters. The Morgan fingerprint density at radius 1 is 1.05 bits per heavy atom. The second-order valence-electron chi connectivity index (χ2n) is 7.94. The van der Waals surface area contributed by atoms with Crippen LogP contribution in [0.1, 0.15) is 58.3 Å². The highest BCUT2D eigenvalue weighted by Gasteiger charge is 2.54. The van der Waals surface area contributed by atoms with E-state index in [0.29, 0.717) is 17.6 Å². The average Bonchev–Trinajstić information content (AvgIpc) is 2.62. The van der Waals surface area contributed by atoms with Gasteiger partial charge in [0.05, 0.1) is 6.10 Å². The van der Waals surface area contributed by atoms with Crippen LogP contribution in [0.25, 0.3) is 0 Å². The van der Waals surface area contributed by atoms with Crippen LogP contribution in [-0.4, -0.2) is 25.3 Å². The number of hydrogen-bond acceptors (Lipinski definition) is 2. The van der Waals surface area contributed by atoms with E-state index in [4.69, 9.17) is 4.74 Å². The molecule has 0 aromatic carbocycles. The van der Waals surface area contributed by atoms with E-state index >= 15 is 0 Å². The van der Waals surface area contributed by atoms with E-state index in [1.165, 1.54) is 51.4 Å². The molecule has 0 aromatic rings. The van der Waals surface area contributed by atoms with E-state index in [2.05, 4.69) is 12.2 Å². The molecule has 0 amide bonds. The van der Waals surface area contributed by atoms with E-state index in [1.807, 2.05) is 0 Å². The standard InChI is InChI=1S/C17H29NO/c1-2-15-3-4-19-16(11-18-15)17-8-12-5-13(9-17)7-14(6-12)10-17/h12-16,18H,2-11H2,1H3. The first kappa shape index (κ1) is 12.6. The second kappa shape index (κ2) is 4.73. The minimum absolute atomic E-state index is 0.512. The van der Waals surface area contributed by atoms with Crippen molar-refractivity contribution in [2.24, 2.45) is 23.2 Å². The summed E-state index contributed by atoms with van der Waals surface area (Å²) in [6, 6.07) is 0.693. The summed E-state index contributed by atoms with van der Waals surface area (Å²) in [5, 5.41) is 3.78. The maximum Gasteiger partial charge on any atom is 0.0755 e. The fourth-order valence-electron chi connectivity index (χ4n) is 6.10. The SMILES string of the molecule is CCC1CCOC(C23CC4CC(CC(C4)C2)C3)CN1. The molecule has 1 aliphatic heterocycles. The summed E-state index contributed by atoms with van der Waals surface area (Å²) in [5.74, 6) is 3.13. The molecule has 0 spiro atoms. The van der Waals surface area contributed by atoms with Gasteiger partial charge >= 0.3 is 0 Å². The smallest absolute Gasteiger partial charge is 0.0755 e. The molecule has 5 fully saturated rings. The van der Waals surface area contributed by atoms with E-state index in [1.54, 1.807) is 0 Å². The molecule has 4 bridgehead atoms. The van der Waals surface area contributed by atoms with Gasteiger partial charge in [0.15, 0.2) is 0 Å². The van der Waals surface area contributed by atoms with Crippen molar-refractivity contribution in [3.8, 4) is 0 Å². The normalized spacial score (nSPS) is 53.2. The fourth-order valence-corrected chi connectivity index (χ4v) is 6.10. The maximum absolute atomic E-state index is 6.36. The van der Waals surface area contributed by atoms with Gasteiger partial charge in [-0.15, -0.1) is 0 Å². The maximum atomic E-state index is 6.36. The summed E-state index contributed by atoms with van der Waals surface area (Å²) in [5.41, 5.74) is 0.560. The van der Waals surface area contributed by atoms with Crippen LogP contribution in [0.5, 0.6) is 0 Å². The Bertz CT molecular complexity index is 305. The predicted molar refractivity (Wildman–Crippen MR) is 77.0 cm³/mol. The van der Waals surface area contributed by atoms with Gasteiger partial charge in [-0.3, -0.25) is 0 Å². The van der Waals surface area contributed by atoms with E-state index in [9.17, 15) is 0 Å². The Balaban J connectivity index is 1.51. The Kier molecular flexibility index (Phi) is 3.15. The average molecular weight is 263 g/mol. The van der Waals surface area contributed by atoms with Crippen molar-refractivity contribution < 1.29 is 4.74 Å². The lowest BCUT2D eigenvalue weighted by atomic mass is 9.48. The summed E-state index contributed by atoms with van der Waals surface area (Å²) in [4.78, 5) is 0. The monoisotopic (exact) mass is 263 g/mol. The second-order valence-corrected chi connectivity index (χ2v) is 7.94. The third-order valence-electron chi connectivity index (χ3n) is 6.64. The van der Waals surface area contributed by atoms with Crippen LogP contribution in [0.4, 0.5) is 0 Å². The number of ether oxygens (including phenoxy) is 1. The van der Waals surface area contributed by atoms with Crippen LogP contribution in [0.3, 0.4) is 0 Å². The molecule has 4 aliphatic carbocycles. The van der Waals surface area contributed by atoms with Crippen molar-refractivity contribution in [3.05, 3.63) is 0 Å². The Morgan fingerprint density at radius 2 is 1.68 bits per heavy atom. The van der Waals surface area contributed by atoms with E-state index < -0.39 is 0 Å². The molecule has 1 saturated heterocycles. The fraction of sp³-hybridized carbons (Fsp3) is 1.00. The molecule has 1 N–H and O–H groups in total. The third kappa shape index (κ3) is 2.15. The molecule has 2 heteroatoms. The Labute approximate surface area is 117 Å². The van der Waals surface area contributed by atoms with Crippen LogP contribution in [-0.2, 0) is 4.74 Å². The van der Waals surface area contributed by atoms with Crippen molar-refractivity contribution in [1.29, 1.82) is 0 Å². The molecule has 2 atom stereocenters. The predicted octanol–water partition coefficient (Wildman–Crippen LogP) is 3.36. The number of nitrogens with one attached hydrogen (secondary N) is 1. The zero-order valence-electron chi connectivity index (χ0n) is 12.4. The van der Waals surface area contributed by atoms with Crippen LogP contribution < -0.4 is 5.32 Å². The molecule has 0 aromatic heterocycles. The van der Waals surface area contributed by atoms with Crippen LogP contribution in [0.15, 0.2) is 0 Å². The van der Waals surface area contributed by atoms with Gasteiger partial charge in [0.2, 0.25) is 0 Å². The van der Waals surface area contributed by atoms with Gasteiger partial charge < -0.3 is 10.1 Å². The van der Waals surface area contributed by atoms with Crippen LogP contribution >= 0.6 is 0 Å². The van der Waals surface area contributed by atoms with Gasteiger partial charge in [-0.05, 0) is 74.5 Å². The molecule has 1 heterocycles. The molecule has 2 nitrogen and oxygen atoms in total. The van der Waals surface area contributed by atoms with Crippen LogP contribution in [0, 0.1) is 23.2 Å².